The Hall–Kier alpha value is -1.99. The van der Waals surface area contributed by atoms with Gasteiger partial charge >= 0.3 is 6.09 Å². The molecule has 7 heteroatoms. The lowest BCUT2D eigenvalue weighted by Crippen LogP contribution is -2.43. The van der Waals surface area contributed by atoms with Gasteiger partial charge in [0.05, 0.1) is 18.8 Å². The molecule has 0 radical (unpaired) electrons. The molecule has 3 rings (SSSR count). The first-order chi connectivity index (χ1) is 11.8. The van der Waals surface area contributed by atoms with E-state index in [2.05, 4.69) is 0 Å². The van der Waals surface area contributed by atoms with Crippen molar-refractivity contribution in [3.63, 3.8) is 0 Å². The largest absolute Gasteiger partial charge is 0.439 e. The van der Waals surface area contributed by atoms with Crippen LogP contribution in [0.5, 0.6) is 0 Å². The Kier molecular flexibility index (Phi) is 4.79. The average Bonchev–Trinajstić information content (AvgIpc) is 3.06. The third-order valence-corrected chi connectivity index (χ3v) is 4.44. The minimum absolute atomic E-state index is 0.158. The van der Waals surface area contributed by atoms with Crippen LogP contribution in [0.25, 0.3) is 0 Å². The van der Waals surface area contributed by atoms with Gasteiger partial charge in [0.2, 0.25) is 0 Å². The van der Waals surface area contributed by atoms with Crippen molar-refractivity contribution >= 4 is 12.0 Å². The molecule has 6 nitrogen and oxygen atoms in total. The van der Waals surface area contributed by atoms with Crippen molar-refractivity contribution < 1.29 is 28.2 Å². The molecule has 0 spiro atoms. The molecule has 2 saturated heterocycles. The summed E-state index contributed by atoms with van der Waals surface area (Å²) in [5.74, 6) is -1.68. The lowest BCUT2D eigenvalue weighted by molar-refractivity contribution is -0.146. The van der Waals surface area contributed by atoms with Crippen LogP contribution in [0.2, 0.25) is 0 Å². The van der Waals surface area contributed by atoms with E-state index in [4.69, 9.17) is 14.2 Å². The fourth-order valence-electron chi connectivity index (χ4n) is 3.21. The molecule has 0 aliphatic carbocycles. The maximum Gasteiger partial charge on any atom is 0.417 e. The van der Waals surface area contributed by atoms with Crippen molar-refractivity contribution in [2.75, 3.05) is 6.61 Å². The fourth-order valence-corrected chi connectivity index (χ4v) is 3.21. The first-order valence-electron chi connectivity index (χ1n) is 8.33. The van der Waals surface area contributed by atoms with E-state index in [-0.39, 0.29) is 13.0 Å². The predicted octanol–water partition coefficient (Wildman–Crippen LogP) is 2.97. The Morgan fingerprint density at radius 1 is 1.36 bits per heavy atom. The first kappa shape index (κ1) is 17.8. The van der Waals surface area contributed by atoms with Gasteiger partial charge in [0.25, 0.3) is 5.91 Å². The minimum atomic E-state index is -1.85. The van der Waals surface area contributed by atoms with Gasteiger partial charge in [0.15, 0.2) is 12.0 Å². The van der Waals surface area contributed by atoms with Gasteiger partial charge < -0.3 is 14.2 Å². The molecular weight excluding hydrogens is 329 g/mol. The molecule has 1 aromatic carbocycles. The number of benzene rings is 1. The molecule has 4 atom stereocenters. The van der Waals surface area contributed by atoms with Crippen molar-refractivity contribution in [1.29, 1.82) is 0 Å². The summed E-state index contributed by atoms with van der Waals surface area (Å²) < 4.78 is 30.7. The molecule has 2 amide bonds. The normalized spacial score (nSPS) is 29.5. The van der Waals surface area contributed by atoms with E-state index in [9.17, 15) is 14.0 Å². The van der Waals surface area contributed by atoms with E-state index < -0.39 is 42.2 Å². The third-order valence-electron chi connectivity index (χ3n) is 4.44. The van der Waals surface area contributed by atoms with Crippen molar-refractivity contribution in [1.82, 2.24) is 4.90 Å². The topological polar surface area (TPSA) is 65.1 Å². The highest BCUT2D eigenvalue weighted by atomic mass is 19.1. The number of hydrogen-bond donors (Lipinski definition) is 0. The second kappa shape index (κ2) is 6.72. The quantitative estimate of drug-likeness (QED) is 0.834. The molecule has 2 fully saturated rings. The third kappa shape index (κ3) is 3.67. The van der Waals surface area contributed by atoms with E-state index >= 15 is 0 Å². The number of hydrogen-bond acceptors (Lipinski definition) is 5. The highest BCUT2D eigenvalue weighted by molar-refractivity contribution is 5.96. The van der Waals surface area contributed by atoms with Crippen molar-refractivity contribution in [3.05, 3.63) is 35.9 Å². The standard InChI is InChI=1S/C18H22FNO5/c1-11-15(12-7-5-4-6-8-12)24-17(22)20(11)16(21)14(19)9-13-10-23-18(2,3)25-13/h4-8,11,13-15H,9-10H2,1-3H3/t11-,13-,14-,15-/m0/s1. The number of carbonyl (C=O) groups is 2. The van der Waals surface area contributed by atoms with Gasteiger partial charge in [-0.1, -0.05) is 30.3 Å². The van der Waals surface area contributed by atoms with E-state index in [0.717, 1.165) is 10.5 Å². The Balaban J connectivity index is 1.66. The number of amides is 2. The molecule has 0 bridgehead atoms. The van der Waals surface area contributed by atoms with Gasteiger partial charge in [-0.15, -0.1) is 0 Å². The van der Waals surface area contributed by atoms with Crippen LogP contribution in [-0.2, 0) is 19.0 Å². The highest BCUT2D eigenvalue weighted by Gasteiger charge is 2.46. The number of rotatable bonds is 4. The predicted molar refractivity (Wildman–Crippen MR) is 86.4 cm³/mol. The van der Waals surface area contributed by atoms with Crippen LogP contribution in [0.3, 0.4) is 0 Å². The van der Waals surface area contributed by atoms with Crippen LogP contribution in [0.4, 0.5) is 9.18 Å². The van der Waals surface area contributed by atoms with Gasteiger partial charge in [-0.25, -0.2) is 14.1 Å². The van der Waals surface area contributed by atoms with Crippen LogP contribution >= 0.6 is 0 Å². The monoisotopic (exact) mass is 351 g/mol. The Morgan fingerprint density at radius 2 is 2.04 bits per heavy atom. The second-order valence-electron chi connectivity index (χ2n) is 6.82. The number of ether oxygens (including phenoxy) is 3. The van der Waals surface area contributed by atoms with Gasteiger partial charge in [-0.3, -0.25) is 4.79 Å². The molecule has 0 unspecified atom stereocenters. The molecule has 2 aliphatic heterocycles. The van der Waals surface area contributed by atoms with Crippen molar-refractivity contribution in [2.45, 2.75) is 57.4 Å². The molecule has 0 N–H and O–H groups in total. The smallest absolute Gasteiger partial charge is 0.417 e. The first-order valence-corrected chi connectivity index (χ1v) is 8.33. The summed E-state index contributed by atoms with van der Waals surface area (Å²) in [7, 11) is 0. The summed E-state index contributed by atoms with van der Waals surface area (Å²) in [6.07, 6.45) is -3.96. The number of nitrogens with zero attached hydrogens (tertiary/aromatic N) is 1. The molecule has 2 heterocycles. The SMILES string of the molecule is C[C@H]1[C@@H](c2ccccc2)OC(=O)N1C(=O)[C@@H](F)C[C@H]1COC(C)(C)O1. The lowest BCUT2D eigenvalue weighted by atomic mass is 10.0. The number of imide groups is 1. The lowest BCUT2D eigenvalue weighted by Gasteiger charge is -2.22. The van der Waals surface area contributed by atoms with E-state index in [1.54, 1.807) is 32.9 Å². The van der Waals surface area contributed by atoms with Crippen LogP contribution < -0.4 is 0 Å². The van der Waals surface area contributed by atoms with E-state index in [1.165, 1.54) is 0 Å². The number of halogens is 1. The van der Waals surface area contributed by atoms with Gasteiger partial charge in [-0.05, 0) is 26.3 Å². The number of alkyl halides is 1. The Bertz CT molecular complexity index is 650. The summed E-state index contributed by atoms with van der Waals surface area (Å²) in [5, 5.41) is 0. The summed E-state index contributed by atoms with van der Waals surface area (Å²) in [4.78, 5) is 25.4. The molecule has 0 aromatic heterocycles. The number of cyclic esters (lactones) is 1. The molecule has 136 valence electrons. The average molecular weight is 351 g/mol. The minimum Gasteiger partial charge on any atom is -0.439 e. The summed E-state index contributed by atoms with van der Waals surface area (Å²) in [5.41, 5.74) is 0.767. The summed E-state index contributed by atoms with van der Waals surface area (Å²) in [6.45, 7) is 5.34. The van der Waals surface area contributed by atoms with Crippen LogP contribution in [0.1, 0.15) is 38.9 Å². The zero-order valence-electron chi connectivity index (χ0n) is 14.5. The molecule has 0 saturated carbocycles. The number of carbonyl (C=O) groups excluding carboxylic acids is 2. The maximum atomic E-state index is 14.5. The highest BCUT2D eigenvalue weighted by Crippen LogP contribution is 2.33. The van der Waals surface area contributed by atoms with Crippen LogP contribution in [0, 0.1) is 0 Å². The summed E-state index contributed by atoms with van der Waals surface area (Å²) in [6, 6.07) is 8.51. The van der Waals surface area contributed by atoms with Crippen molar-refractivity contribution in [2.24, 2.45) is 0 Å². The Morgan fingerprint density at radius 3 is 2.64 bits per heavy atom. The van der Waals surface area contributed by atoms with Crippen LogP contribution in [0.15, 0.2) is 30.3 Å². The fraction of sp³-hybridized carbons (Fsp3) is 0.556. The van der Waals surface area contributed by atoms with Crippen LogP contribution in [-0.4, -0.2) is 47.6 Å². The zero-order valence-corrected chi connectivity index (χ0v) is 14.5. The van der Waals surface area contributed by atoms with Gasteiger partial charge in [0, 0.05) is 6.42 Å². The molecule has 2 aliphatic rings. The molecule has 25 heavy (non-hydrogen) atoms. The van der Waals surface area contributed by atoms with E-state index in [0.29, 0.717) is 0 Å². The van der Waals surface area contributed by atoms with Crippen molar-refractivity contribution in [3.8, 4) is 0 Å². The summed E-state index contributed by atoms with van der Waals surface area (Å²) >= 11 is 0. The molecular formula is C18H22FNO5. The molecule has 1 aromatic rings. The van der Waals surface area contributed by atoms with Gasteiger partial charge in [0.1, 0.15) is 6.10 Å². The van der Waals surface area contributed by atoms with E-state index in [1.807, 2.05) is 18.2 Å². The second-order valence-corrected chi connectivity index (χ2v) is 6.82. The zero-order chi connectivity index (χ0) is 18.2. The van der Waals surface area contributed by atoms with Gasteiger partial charge in [-0.2, -0.15) is 0 Å². The Labute approximate surface area is 145 Å². The maximum absolute atomic E-state index is 14.5.